The molecule has 6 nitrogen and oxygen atoms in total. The van der Waals surface area contributed by atoms with Crippen LogP contribution in [0.2, 0.25) is 0 Å². The number of para-hydroxylation sites is 1. The van der Waals surface area contributed by atoms with E-state index in [2.05, 4.69) is 10.0 Å². The maximum Gasteiger partial charge on any atom is 0.262 e. The predicted molar refractivity (Wildman–Crippen MR) is 99.5 cm³/mol. The van der Waals surface area contributed by atoms with Crippen molar-refractivity contribution in [3.63, 3.8) is 0 Å². The number of carbonyl (C=O) groups is 1. The number of hydrogen-bond donors (Lipinski definition) is 2. The van der Waals surface area contributed by atoms with E-state index >= 15 is 0 Å². The van der Waals surface area contributed by atoms with Crippen LogP contribution in [0.15, 0.2) is 53.4 Å². The van der Waals surface area contributed by atoms with E-state index in [1.165, 1.54) is 42.5 Å². The van der Waals surface area contributed by atoms with E-state index in [0.29, 0.717) is 5.75 Å². The second-order valence-electron chi connectivity index (χ2n) is 6.39. The Hall–Kier alpha value is -2.45. The third-order valence-electron chi connectivity index (χ3n) is 4.33. The van der Waals surface area contributed by atoms with Gasteiger partial charge in [0.15, 0.2) is 6.61 Å². The van der Waals surface area contributed by atoms with Gasteiger partial charge in [0.05, 0.1) is 10.6 Å². The fourth-order valence-corrected chi connectivity index (χ4v) is 4.25. The Balaban J connectivity index is 1.54. The molecular weight excluding hydrogens is 371 g/mol. The topological polar surface area (TPSA) is 84.5 Å². The predicted octanol–water partition coefficient (Wildman–Crippen LogP) is 3.06. The Morgan fingerprint density at radius 3 is 2.41 bits per heavy atom. The Morgan fingerprint density at radius 2 is 1.74 bits per heavy atom. The average molecular weight is 392 g/mol. The second-order valence-corrected chi connectivity index (χ2v) is 8.10. The maximum atomic E-state index is 13.5. The summed E-state index contributed by atoms with van der Waals surface area (Å²) in [6.07, 6.45) is 3.79. The van der Waals surface area contributed by atoms with E-state index in [0.717, 1.165) is 25.7 Å². The highest BCUT2D eigenvalue weighted by atomic mass is 32.2. The molecule has 144 valence electrons. The Morgan fingerprint density at radius 1 is 1.07 bits per heavy atom. The molecule has 0 heterocycles. The summed E-state index contributed by atoms with van der Waals surface area (Å²) in [5.41, 5.74) is 0.0746. The van der Waals surface area contributed by atoms with Crippen LogP contribution in [0, 0.1) is 5.82 Å². The van der Waals surface area contributed by atoms with Crippen LogP contribution < -0.4 is 14.8 Å². The first kappa shape index (κ1) is 19.3. The third kappa shape index (κ3) is 5.27. The molecule has 27 heavy (non-hydrogen) atoms. The van der Waals surface area contributed by atoms with Crippen LogP contribution in [0.25, 0.3) is 0 Å². The van der Waals surface area contributed by atoms with Crippen molar-refractivity contribution in [3.8, 4) is 5.75 Å². The number of amides is 1. The number of nitrogens with one attached hydrogen (secondary N) is 2. The molecule has 1 fully saturated rings. The van der Waals surface area contributed by atoms with Crippen LogP contribution >= 0.6 is 0 Å². The molecule has 2 N–H and O–H groups in total. The molecule has 0 bridgehead atoms. The fourth-order valence-electron chi connectivity index (χ4n) is 2.94. The first-order chi connectivity index (χ1) is 12.9. The van der Waals surface area contributed by atoms with E-state index < -0.39 is 21.7 Å². The van der Waals surface area contributed by atoms with Crippen molar-refractivity contribution < 1.29 is 22.3 Å². The van der Waals surface area contributed by atoms with E-state index in [1.807, 2.05) is 0 Å². The maximum absolute atomic E-state index is 13.5. The molecule has 0 atom stereocenters. The minimum Gasteiger partial charge on any atom is -0.484 e. The molecule has 0 radical (unpaired) electrons. The molecule has 2 aromatic rings. The first-order valence-electron chi connectivity index (χ1n) is 8.73. The molecule has 0 saturated heterocycles. The second kappa shape index (κ2) is 8.49. The van der Waals surface area contributed by atoms with Gasteiger partial charge in [0.2, 0.25) is 10.0 Å². The van der Waals surface area contributed by atoms with Crippen molar-refractivity contribution in [2.24, 2.45) is 0 Å². The third-order valence-corrected chi connectivity index (χ3v) is 5.87. The Kier molecular flexibility index (Phi) is 6.08. The molecule has 8 heteroatoms. The standard InChI is InChI=1S/C19H21FN2O4S/c20-17-7-3-4-8-18(17)21-19(23)13-26-15-9-11-16(12-10-15)27(24,25)22-14-5-1-2-6-14/h3-4,7-12,14,22H,1-2,5-6,13H2,(H,21,23). The average Bonchev–Trinajstić information content (AvgIpc) is 3.14. The number of benzene rings is 2. The van der Waals surface area contributed by atoms with Gasteiger partial charge in [-0.15, -0.1) is 0 Å². The van der Waals surface area contributed by atoms with Gasteiger partial charge in [-0.25, -0.2) is 17.5 Å². The normalized spacial score (nSPS) is 14.9. The van der Waals surface area contributed by atoms with Crippen molar-refractivity contribution in [3.05, 3.63) is 54.3 Å². The van der Waals surface area contributed by atoms with Gasteiger partial charge < -0.3 is 10.1 Å². The fraction of sp³-hybridized carbons (Fsp3) is 0.316. The highest BCUT2D eigenvalue weighted by molar-refractivity contribution is 7.89. The zero-order chi connectivity index (χ0) is 19.3. The smallest absolute Gasteiger partial charge is 0.262 e. The molecule has 1 saturated carbocycles. The van der Waals surface area contributed by atoms with Crippen LogP contribution in [0.1, 0.15) is 25.7 Å². The summed E-state index contributed by atoms with van der Waals surface area (Å²) in [7, 11) is -3.56. The molecular formula is C19H21FN2O4S. The number of anilines is 1. The summed E-state index contributed by atoms with van der Waals surface area (Å²) in [4.78, 5) is 12.0. The van der Waals surface area contributed by atoms with Gasteiger partial charge in [0.1, 0.15) is 11.6 Å². The largest absolute Gasteiger partial charge is 0.484 e. The number of carbonyl (C=O) groups excluding carboxylic acids is 1. The highest BCUT2D eigenvalue weighted by Crippen LogP contribution is 2.21. The van der Waals surface area contributed by atoms with Crippen LogP contribution in [0.4, 0.5) is 10.1 Å². The van der Waals surface area contributed by atoms with Gasteiger partial charge in [-0.1, -0.05) is 25.0 Å². The summed E-state index contributed by atoms with van der Waals surface area (Å²) in [5, 5.41) is 2.41. The lowest BCUT2D eigenvalue weighted by molar-refractivity contribution is -0.118. The molecule has 0 spiro atoms. The number of hydrogen-bond acceptors (Lipinski definition) is 4. The van der Waals surface area contributed by atoms with Crippen molar-refractivity contribution in [1.82, 2.24) is 4.72 Å². The lowest BCUT2D eigenvalue weighted by Crippen LogP contribution is -2.32. The van der Waals surface area contributed by atoms with Crippen LogP contribution in [-0.4, -0.2) is 27.0 Å². The van der Waals surface area contributed by atoms with E-state index in [1.54, 1.807) is 6.07 Å². The number of sulfonamides is 1. The van der Waals surface area contributed by atoms with Gasteiger partial charge in [-0.3, -0.25) is 4.79 Å². The van der Waals surface area contributed by atoms with Crippen molar-refractivity contribution >= 4 is 21.6 Å². The molecule has 1 amide bonds. The number of rotatable bonds is 7. The molecule has 1 aliphatic carbocycles. The first-order valence-corrected chi connectivity index (χ1v) is 10.2. The van der Waals surface area contributed by atoms with Crippen molar-refractivity contribution in [2.75, 3.05) is 11.9 Å². The van der Waals surface area contributed by atoms with Crippen LogP contribution in [-0.2, 0) is 14.8 Å². The molecule has 2 aromatic carbocycles. The van der Waals surface area contributed by atoms with Crippen LogP contribution in [0.5, 0.6) is 5.75 Å². The SMILES string of the molecule is O=C(COc1ccc(S(=O)(=O)NC2CCCC2)cc1)Nc1ccccc1F. The Labute approximate surface area is 157 Å². The lowest BCUT2D eigenvalue weighted by Gasteiger charge is -2.13. The number of ether oxygens (including phenoxy) is 1. The molecule has 0 aliphatic heterocycles. The van der Waals surface area contributed by atoms with E-state index in [9.17, 15) is 17.6 Å². The zero-order valence-corrected chi connectivity index (χ0v) is 15.5. The molecule has 0 unspecified atom stereocenters. The highest BCUT2D eigenvalue weighted by Gasteiger charge is 2.22. The lowest BCUT2D eigenvalue weighted by atomic mass is 10.3. The van der Waals surface area contributed by atoms with Crippen LogP contribution in [0.3, 0.4) is 0 Å². The minimum atomic E-state index is -3.56. The summed E-state index contributed by atoms with van der Waals surface area (Å²) in [6, 6.07) is 11.7. The summed E-state index contributed by atoms with van der Waals surface area (Å²) in [5.74, 6) is -0.701. The van der Waals surface area contributed by atoms with Gasteiger partial charge >= 0.3 is 0 Å². The van der Waals surface area contributed by atoms with Gasteiger partial charge in [-0.2, -0.15) is 0 Å². The monoisotopic (exact) mass is 392 g/mol. The quantitative estimate of drug-likeness (QED) is 0.758. The van der Waals surface area contributed by atoms with Gasteiger partial charge in [-0.05, 0) is 49.2 Å². The van der Waals surface area contributed by atoms with Gasteiger partial charge in [0, 0.05) is 6.04 Å². The van der Waals surface area contributed by atoms with Crippen molar-refractivity contribution in [2.45, 2.75) is 36.6 Å². The summed E-state index contributed by atoms with van der Waals surface area (Å²) in [6.45, 7) is -0.319. The molecule has 3 rings (SSSR count). The van der Waals surface area contributed by atoms with E-state index in [4.69, 9.17) is 4.74 Å². The van der Waals surface area contributed by atoms with Crippen molar-refractivity contribution in [1.29, 1.82) is 0 Å². The zero-order valence-electron chi connectivity index (χ0n) is 14.7. The summed E-state index contributed by atoms with van der Waals surface area (Å²) < 4.78 is 46.2. The molecule has 1 aliphatic rings. The van der Waals surface area contributed by atoms with Gasteiger partial charge in [0.25, 0.3) is 5.91 Å². The summed E-state index contributed by atoms with van der Waals surface area (Å²) >= 11 is 0. The number of halogens is 1. The Bertz CT molecular complexity index is 894. The van der Waals surface area contributed by atoms with E-state index in [-0.39, 0.29) is 23.2 Å². The molecule has 0 aromatic heterocycles. The minimum absolute atomic E-state index is 0.00648.